The zero-order chi connectivity index (χ0) is 21.9. The molecule has 2 aliphatic rings. The van der Waals surface area contributed by atoms with Gasteiger partial charge in [0.1, 0.15) is 12.1 Å². The smallest absolute Gasteiger partial charge is 0.325 e. The Morgan fingerprint density at radius 1 is 1.17 bits per heavy atom. The van der Waals surface area contributed by atoms with Crippen molar-refractivity contribution < 1.29 is 28.7 Å². The largest absolute Gasteiger partial charge is 0.490 e. The minimum atomic E-state index is -1.35. The van der Waals surface area contributed by atoms with Gasteiger partial charge in [-0.2, -0.15) is 0 Å². The first-order chi connectivity index (χ1) is 14.2. The van der Waals surface area contributed by atoms with E-state index in [1.54, 1.807) is 39.0 Å². The number of amides is 5. The van der Waals surface area contributed by atoms with Gasteiger partial charge in [-0.05, 0) is 38.5 Å². The predicted octanol–water partition coefficient (Wildman–Crippen LogP) is 0.256. The fraction of sp³-hybridized carbons (Fsp3) is 0.500. The Balaban J connectivity index is 1.68. The maximum Gasteiger partial charge on any atom is 0.325 e. The van der Waals surface area contributed by atoms with Gasteiger partial charge in [0, 0.05) is 12.5 Å². The van der Waals surface area contributed by atoms with Crippen LogP contribution in [0.3, 0.4) is 0 Å². The molecule has 0 aliphatic carbocycles. The van der Waals surface area contributed by atoms with Crippen molar-refractivity contribution in [3.63, 3.8) is 0 Å². The molecule has 30 heavy (non-hydrogen) atoms. The van der Waals surface area contributed by atoms with Crippen LogP contribution < -0.4 is 25.4 Å². The maximum absolute atomic E-state index is 13.0. The number of fused-ring (bicyclic) bond motifs is 1. The van der Waals surface area contributed by atoms with Crippen LogP contribution in [0.5, 0.6) is 11.5 Å². The number of carbonyl (C=O) groups excluding carboxylic acids is 4. The standard InChI is InChI=1S/C20H26N4O6/c1-12(2)22-16(25)10-21-17(26)11-24-18(27)20(3,23-19(24)28)13-5-6-14-15(9-13)30-8-4-7-29-14/h5-6,9,12H,4,7-8,10-11H2,1-3H3,(H,21,26)(H,22,25)(H,23,28)/t20-/m0/s1. The van der Waals surface area contributed by atoms with E-state index in [9.17, 15) is 19.2 Å². The number of ether oxygens (including phenoxy) is 2. The molecule has 0 unspecified atom stereocenters. The average Bonchev–Trinajstić information content (AvgIpc) is 2.85. The molecule has 0 spiro atoms. The van der Waals surface area contributed by atoms with E-state index in [4.69, 9.17) is 9.47 Å². The molecule has 0 radical (unpaired) electrons. The summed E-state index contributed by atoms with van der Waals surface area (Å²) in [4.78, 5) is 50.1. The summed E-state index contributed by atoms with van der Waals surface area (Å²) in [5.41, 5.74) is -0.832. The van der Waals surface area contributed by atoms with Gasteiger partial charge in [0.2, 0.25) is 11.8 Å². The predicted molar refractivity (Wildman–Crippen MR) is 106 cm³/mol. The van der Waals surface area contributed by atoms with Crippen LogP contribution in [0.2, 0.25) is 0 Å². The molecule has 0 saturated carbocycles. The van der Waals surface area contributed by atoms with Gasteiger partial charge >= 0.3 is 6.03 Å². The topological polar surface area (TPSA) is 126 Å². The summed E-state index contributed by atoms with van der Waals surface area (Å²) in [6, 6.07) is 4.31. The third kappa shape index (κ3) is 4.47. The summed E-state index contributed by atoms with van der Waals surface area (Å²) in [5.74, 6) is -0.454. The van der Waals surface area contributed by atoms with Crippen molar-refractivity contribution in [2.45, 2.75) is 38.8 Å². The van der Waals surface area contributed by atoms with E-state index in [1.165, 1.54) is 0 Å². The lowest BCUT2D eigenvalue weighted by Gasteiger charge is -2.23. The molecule has 1 aromatic rings. The molecule has 1 aromatic carbocycles. The van der Waals surface area contributed by atoms with Crippen LogP contribution in [0.1, 0.15) is 32.8 Å². The molecule has 162 valence electrons. The molecular weight excluding hydrogens is 392 g/mol. The van der Waals surface area contributed by atoms with Gasteiger partial charge in [-0.3, -0.25) is 19.3 Å². The number of imide groups is 1. The molecule has 2 aliphatic heterocycles. The molecule has 3 N–H and O–H groups in total. The number of nitrogens with one attached hydrogen (secondary N) is 3. The zero-order valence-electron chi connectivity index (χ0n) is 17.2. The van der Waals surface area contributed by atoms with Gasteiger partial charge in [-0.15, -0.1) is 0 Å². The van der Waals surface area contributed by atoms with Crippen molar-refractivity contribution in [1.29, 1.82) is 0 Å². The van der Waals surface area contributed by atoms with Crippen LogP contribution >= 0.6 is 0 Å². The van der Waals surface area contributed by atoms with Crippen LogP contribution in [0.25, 0.3) is 0 Å². The SMILES string of the molecule is CC(C)NC(=O)CNC(=O)CN1C(=O)N[C@@](C)(c2ccc3c(c2)OCCCO3)C1=O. The van der Waals surface area contributed by atoms with E-state index in [0.717, 1.165) is 11.3 Å². The van der Waals surface area contributed by atoms with E-state index in [2.05, 4.69) is 16.0 Å². The second-order valence-corrected chi connectivity index (χ2v) is 7.66. The summed E-state index contributed by atoms with van der Waals surface area (Å²) in [6.07, 6.45) is 0.745. The molecule has 0 aromatic heterocycles. The Hall–Kier alpha value is -3.30. The third-order valence-electron chi connectivity index (χ3n) is 4.80. The van der Waals surface area contributed by atoms with Crippen LogP contribution in [0, 0.1) is 0 Å². The first-order valence-electron chi connectivity index (χ1n) is 9.81. The molecule has 1 fully saturated rings. The molecule has 2 heterocycles. The summed E-state index contributed by atoms with van der Waals surface area (Å²) >= 11 is 0. The van der Waals surface area contributed by atoms with Crippen LogP contribution in [-0.4, -0.2) is 61.0 Å². The maximum atomic E-state index is 13.0. The van der Waals surface area contributed by atoms with E-state index >= 15 is 0 Å². The van der Waals surface area contributed by atoms with E-state index in [-0.39, 0.29) is 18.5 Å². The second kappa shape index (κ2) is 8.60. The highest BCUT2D eigenvalue weighted by Gasteiger charge is 2.49. The minimum absolute atomic E-state index is 0.0589. The lowest BCUT2D eigenvalue weighted by Crippen LogP contribution is -2.45. The van der Waals surface area contributed by atoms with Crippen molar-refractivity contribution in [3.8, 4) is 11.5 Å². The van der Waals surface area contributed by atoms with Crippen molar-refractivity contribution in [1.82, 2.24) is 20.9 Å². The quantitative estimate of drug-likeness (QED) is 0.569. The van der Waals surface area contributed by atoms with Gasteiger partial charge < -0.3 is 25.4 Å². The lowest BCUT2D eigenvalue weighted by molar-refractivity contribution is -0.135. The number of rotatable bonds is 6. The number of urea groups is 1. The highest BCUT2D eigenvalue weighted by Crippen LogP contribution is 2.36. The minimum Gasteiger partial charge on any atom is -0.490 e. The third-order valence-corrected chi connectivity index (χ3v) is 4.80. The number of carbonyl (C=O) groups is 4. The Bertz CT molecular complexity index is 871. The number of benzene rings is 1. The first kappa shape index (κ1) is 21.4. The Morgan fingerprint density at radius 3 is 2.57 bits per heavy atom. The Morgan fingerprint density at radius 2 is 1.87 bits per heavy atom. The molecule has 1 atom stereocenters. The highest BCUT2D eigenvalue weighted by molar-refractivity contribution is 6.09. The monoisotopic (exact) mass is 418 g/mol. The van der Waals surface area contributed by atoms with Gasteiger partial charge in [-0.1, -0.05) is 6.07 Å². The van der Waals surface area contributed by atoms with E-state index < -0.39 is 29.9 Å². The molecule has 3 rings (SSSR count). The summed E-state index contributed by atoms with van der Waals surface area (Å²) in [5, 5.41) is 7.69. The van der Waals surface area contributed by atoms with Crippen molar-refractivity contribution in [2.75, 3.05) is 26.3 Å². The fourth-order valence-corrected chi connectivity index (χ4v) is 3.26. The van der Waals surface area contributed by atoms with Gasteiger partial charge in [0.25, 0.3) is 5.91 Å². The van der Waals surface area contributed by atoms with Crippen molar-refractivity contribution >= 4 is 23.8 Å². The number of nitrogens with zero attached hydrogens (tertiary/aromatic N) is 1. The first-order valence-corrected chi connectivity index (χ1v) is 9.81. The summed E-state index contributed by atoms with van der Waals surface area (Å²) < 4.78 is 11.3. The molecule has 10 nitrogen and oxygen atoms in total. The average molecular weight is 418 g/mol. The fourth-order valence-electron chi connectivity index (χ4n) is 3.26. The highest BCUT2D eigenvalue weighted by atomic mass is 16.5. The van der Waals surface area contributed by atoms with Crippen LogP contribution in [0.4, 0.5) is 4.79 Å². The van der Waals surface area contributed by atoms with E-state index in [0.29, 0.717) is 30.3 Å². The Kier molecular flexibility index (Phi) is 6.14. The molecular formula is C20H26N4O6. The Labute approximate surface area is 174 Å². The molecule has 1 saturated heterocycles. The van der Waals surface area contributed by atoms with Crippen molar-refractivity contribution in [3.05, 3.63) is 23.8 Å². The van der Waals surface area contributed by atoms with Crippen molar-refractivity contribution in [2.24, 2.45) is 0 Å². The van der Waals surface area contributed by atoms with Gasteiger partial charge in [0.05, 0.1) is 19.8 Å². The lowest BCUT2D eigenvalue weighted by atomic mass is 9.91. The summed E-state index contributed by atoms with van der Waals surface area (Å²) in [7, 11) is 0. The summed E-state index contributed by atoms with van der Waals surface area (Å²) in [6.45, 7) is 5.47. The van der Waals surface area contributed by atoms with Gasteiger partial charge in [-0.25, -0.2) is 4.79 Å². The van der Waals surface area contributed by atoms with E-state index in [1.807, 2.05) is 0 Å². The normalized spacial score (nSPS) is 20.6. The number of hydrogen-bond acceptors (Lipinski definition) is 6. The number of hydrogen-bond donors (Lipinski definition) is 3. The second-order valence-electron chi connectivity index (χ2n) is 7.66. The molecule has 10 heteroatoms. The van der Waals surface area contributed by atoms with Crippen LogP contribution in [-0.2, 0) is 19.9 Å². The molecule has 5 amide bonds. The zero-order valence-corrected chi connectivity index (χ0v) is 17.2. The van der Waals surface area contributed by atoms with Crippen LogP contribution in [0.15, 0.2) is 18.2 Å². The van der Waals surface area contributed by atoms with Gasteiger partial charge in [0.15, 0.2) is 11.5 Å². The molecule has 0 bridgehead atoms.